The summed E-state index contributed by atoms with van der Waals surface area (Å²) >= 11 is 6.30. The van der Waals surface area contributed by atoms with Gasteiger partial charge in [0.2, 0.25) is 5.91 Å². The number of hydrogen-bond acceptors (Lipinski definition) is 5. The van der Waals surface area contributed by atoms with Crippen LogP contribution in [0.15, 0.2) is 119 Å². The minimum Gasteiger partial charge on any atom is -0.325 e. The Balaban J connectivity index is 1.36. The van der Waals surface area contributed by atoms with Crippen molar-refractivity contribution in [2.75, 3.05) is 20.9 Å². The molecule has 0 radical (unpaired) electrons. The van der Waals surface area contributed by atoms with Crippen LogP contribution in [0.2, 0.25) is 5.02 Å². The number of halogens is 1. The molecule has 1 amide bonds. The third-order valence-corrected chi connectivity index (χ3v) is 10.4. The van der Waals surface area contributed by atoms with Gasteiger partial charge < -0.3 is 5.32 Å². The Hall–Kier alpha value is -4.38. The third kappa shape index (κ3) is 6.67. The molecule has 11 heteroatoms. The summed E-state index contributed by atoms with van der Waals surface area (Å²) in [4.78, 5) is 13.2. The quantitative estimate of drug-likeness (QED) is 0.187. The average Bonchev–Trinajstić information content (AvgIpc) is 2.98. The van der Waals surface area contributed by atoms with Crippen LogP contribution < -0.4 is 14.3 Å². The van der Waals surface area contributed by atoms with Crippen molar-refractivity contribution in [1.82, 2.24) is 0 Å². The number of nitrogens with zero attached hydrogens (tertiary/aromatic N) is 1. The molecule has 5 rings (SSSR count). The normalized spacial score (nSPS) is 11.7. The highest BCUT2D eigenvalue weighted by atomic mass is 35.5. The number of amides is 1. The Morgan fingerprint density at radius 2 is 1.42 bits per heavy atom. The van der Waals surface area contributed by atoms with E-state index in [1.54, 1.807) is 43.3 Å². The van der Waals surface area contributed by atoms with Gasteiger partial charge in [0.1, 0.15) is 6.54 Å². The summed E-state index contributed by atoms with van der Waals surface area (Å²) < 4.78 is 57.1. The van der Waals surface area contributed by atoms with Crippen molar-refractivity contribution in [2.45, 2.75) is 23.6 Å². The number of hydrogen-bond donors (Lipinski definition) is 2. The zero-order valence-corrected chi connectivity index (χ0v) is 25.7. The summed E-state index contributed by atoms with van der Waals surface area (Å²) in [5.74, 6) is -0.628. The lowest BCUT2D eigenvalue weighted by atomic mass is 10.1. The Labute approximate surface area is 256 Å². The number of carbonyl (C=O) groups excluding carboxylic acids is 1. The maximum atomic E-state index is 13.6. The lowest BCUT2D eigenvalue weighted by Crippen LogP contribution is -2.38. The Bertz CT molecular complexity index is 2030. The highest BCUT2D eigenvalue weighted by molar-refractivity contribution is 7.93. The molecular formula is C32H28ClN3O5S2. The molecular weight excluding hydrogens is 606 g/mol. The van der Waals surface area contributed by atoms with Crippen LogP contribution in [0.4, 0.5) is 17.1 Å². The first kappa shape index (κ1) is 30.1. The van der Waals surface area contributed by atoms with E-state index in [9.17, 15) is 21.6 Å². The second kappa shape index (κ2) is 12.1. The highest BCUT2D eigenvalue weighted by Gasteiger charge is 2.28. The fourth-order valence-electron chi connectivity index (χ4n) is 4.46. The molecule has 0 spiro atoms. The number of sulfonamides is 2. The van der Waals surface area contributed by atoms with Crippen LogP contribution in [0.5, 0.6) is 0 Å². The minimum absolute atomic E-state index is 0.00342. The van der Waals surface area contributed by atoms with Crippen molar-refractivity contribution >= 4 is 65.4 Å². The van der Waals surface area contributed by atoms with E-state index in [1.807, 2.05) is 37.3 Å². The third-order valence-electron chi connectivity index (χ3n) is 6.82. The number of benzene rings is 5. The summed E-state index contributed by atoms with van der Waals surface area (Å²) in [6.45, 7) is 3.09. The zero-order valence-electron chi connectivity index (χ0n) is 23.3. The smallest absolute Gasteiger partial charge is 0.264 e. The van der Waals surface area contributed by atoms with Gasteiger partial charge in [0.05, 0.1) is 21.2 Å². The first-order valence-electron chi connectivity index (χ1n) is 13.2. The molecule has 43 heavy (non-hydrogen) atoms. The predicted octanol–water partition coefficient (Wildman–Crippen LogP) is 6.74. The fourth-order valence-corrected chi connectivity index (χ4v) is 7.12. The first-order valence-corrected chi connectivity index (χ1v) is 16.5. The van der Waals surface area contributed by atoms with Crippen LogP contribution in [0.25, 0.3) is 10.8 Å². The van der Waals surface area contributed by atoms with Crippen LogP contribution >= 0.6 is 11.6 Å². The molecule has 0 aromatic heterocycles. The van der Waals surface area contributed by atoms with Gasteiger partial charge >= 0.3 is 0 Å². The van der Waals surface area contributed by atoms with Crippen molar-refractivity contribution in [1.29, 1.82) is 0 Å². The van der Waals surface area contributed by atoms with Crippen LogP contribution in [0.3, 0.4) is 0 Å². The largest absolute Gasteiger partial charge is 0.325 e. The molecule has 0 unspecified atom stereocenters. The molecule has 0 atom stereocenters. The van der Waals surface area contributed by atoms with Crippen molar-refractivity contribution in [3.8, 4) is 0 Å². The maximum Gasteiger partial charge on any atom is 0.264 e. The number of nitrogens with one attached hydrogen (secondary N) is 2. The molecule has 0 aliphatic rings. The van der Waals surface area contributed by atoms with Crippen molar-refractivity contribution in [2.24, 2.45) is 0 Å². The van der Waals surface area contributed by atoms with Gasteiger partial charge in [-0.15, -0.1) is 0 Å². The Kier molecular flexibility index (Phi) is 8.45. The molecule has 0 bridgehead atoms. The Morgan fingerprint density at radius 1 is 0.767 bits per heavy atom. The second-order valence-corrected chi connectivity index (χ2v) is 13.9. The molecule has 220 valence electrons. The van der Waals surface area contributed by atoms with E-state index >= 15 is 0 Å². The van der Waals surface area contributed by atoms with Crippen LogP contribution in [-0.4, -0.2) is 29.3 Å². The van der Waals surface area contributed by atoms with Crippen LogP contribution in [0.1, 0.15) is 11.1 Å². The van der Waals surface area contributed by atoms with Gasteiger partial charge in [-0.3, -0.25) is 13.8 Å². The van der Waals surface area contributed by atoms with Crippen LogP contribution in [0, 0.1) is 13.8 Å². The van der Waals surface area contributed by atoms with E-state index in [0.717, 1.165) is 26.2 Å². The number of rotatable bonds is 9. The van der Waals surface area contributed by atoms with Gasteiger partial charge in [0.15, 0.2) is 0 Å². The fraction of sp³-hybridized carbons (Fsp3) is 0.0938. The predicted molar refractivity (Wildman–Crippen MR) is 172 cm³/mol. The molecule has 0 aliphatic carbocycles. The lowest BCUT2D eigenvalue weighted by molar-refractivity contribution is -0.114. The second-order valence-electron chi connectivity index (χ2n) is 9.96. The minimum atomic E-state index is -4.13. The van der Waals surface area contributed by atoms with E-state index in [1.165, 1.54) is 42.5 Å². The van der Waals surface area contributed by atoms with E-state index in [2.05, 4.69) is 10.0 Å². The van der Waals surface area contributed by atoms with Crippen molar-refractivity contribution in [3.63, 3.8) is 0 Å². The van der Waals surface area contributed by atoms with Gasteiger partial charge in [-0.25, -0.2) is 16.8 Å². The van der Waals surface area contributed by atoms with E-state index < -0.39 is 32.5 Å². The van der Waals surface area contributed by atoms with Crippen molar-refractivity contribution in [3.05, 3.63) is 125 Å². The van der Waals surface area contributed by atoms with Gasteiger partial charge in [-0.1, -0.05) is 71.8 Å². The van der Waals surface area contributed by atoms with Gasteiger partial charge in [0.25, 0.3) is 20.0 Å². The SMILES string of the molecule is Cc1ccc(S(=O)(=O)N(CC(=O)Nc2ccc(S(=O)(=O)Nc3cccc4ccccc34)cc2)c2ccc(C)c(Cl)c2)cc1. The molecule has 0 aliphatic heterocycles. The summed E-state index contributed by atoms with van der Waals surface area (Å²) in [6, 6.07) is 29.5. The van der Waals surface area contributed by atoms with Gasteiger partial charge in [-0.05, 0) is 79.4 Å². The van der Waals surface area contributed by atoms with E-state index in [4.69, 9.17) is 11.6 Å². The summed E-state index contributed by atoms with van der Waals surface area (Å²) in [5, 5.41) is 4.67. The molecule has 0 saturated heterocycles. The summed E-state index contributed by atoms with van der Waals surface area (Å²) in [7, 11) is -8.06. The van der Waals surface area contributed by atoms with Crippen LogP contribution in [-0.2, 0) is 24.8 Å². The molecule has 5 aromatic rings. The van der Waals surface area contributed by atoms with E-state index in [0.29, 0.717) is 16.4 Å². The van der Waals surface area contributed by atoms with Gasteiger partial charge in [-0.2, -0.15) is 0 Å². The van der Waals surface area contributed by atoms with Gasteiger partial charge in [0, 0.05) is 16.1 Å². The number of anilines is 3. The average molecular weight is 634 g/mol. The number of aryl methyl sites for hydroxylation is 2. The number of carbonyl (C=O) groups is 1. The molecule has 0 heterocycles. The standard InChI is InChI=1S/C32H28ClN3O5S2/c1-22-10-16-28(17-11-22)43(40,41)36(26-15-12-23(2)30(33)20-26)21-32(37)34-25-13-18-27(19-14-25)42(38,39)35-31-9-5-7-24-6-3-4-8-29(24)31/h3-20,35H,21H2,1-2H3,(H,34,37). The Morgan fingerprint density at radius 3 is 2.12 bits per heavy atom. The maximum absolute atomic E-state index is 13.6. The number of fused-ring (bicyclic) bond motifs is 1. The highest BCUT2D eigenvalue weighted by Crippen LogP contribution is 2.29. The topological polar surface area (TPSA) is 113 Å². The molecule has 0 fully saturated rings. The first-order chi connectivity index (χ1) is 20.4. The molecule has 8 nitrogen and oxygen atoms in total. The lowest BCUT2D eigenvalue weighted by Gasteiger charge is -2.24. The van der Waals surface area contributed by atoms with Crippen molar-refractivity contribution < 1.29 is 21.6 Å². The van der Waals surface area contributed by atoms with E-state index in [-0.39, 0.29) is 15.5 Å². The molecule has 5 aromatic carbocycles. The summed E-state index contributed by atoms with van der Waals surface area (Å²) in [5.41, 5.74) is 2.62. The molecule has 2 N–H and O–H groups in total. The monoisotopic (exact) mass is 633 g/mol. The molecule has 0 saturated carbocycles. The zero-order chi connectivity index (χ0) is 30.8. The summed E-state index contributed by atoms with van der Waals surface area (Å²) in [6.07, 6.45) is 0.